The summed E-state index contributed by atoms with van der Waals surface area (Å²) < 4.78 is 1.86. The highest BCUT2D eigenvalue weighted by atomic mass is 16.2. The average Bonchev–Trinajstić information content (AvgIpc) is 3.30. The van der Waals surface area contributed by atoms with Gasteiger partial charge in [0.15, 0.2) is 5.82 Å². The quantitative estimate of drug-likeness (QED) is 0.501. The van der Waals surface area contributed by atoms with E-state index in [2.05, 4.69) is 15.0 Å². The lowest BCUT2D eigenvalue weighted by Gasteiger charge is -2.35. The molecule has 1 amide bonds. The molecular formula is C25H24N6O. The molecule has 0 unspecified atom stereocenters. The molecule has 0 atom stereocenters. The minimum absolute atomic E-state index is 0.0565. The molecule has 0 bridgehead atoms. The van der Waals surface area contributed by atoms with Crippen molar-refractivity contribution in [3.8, 4) is 17.1 Å². The third kappa shape index (κ3) is 3.97. The molecule has 1 saturated heterocycles. The van der Waals surface area contributed by atoms with Crippen molar-refractivity contribution in [3.63, 3.8) is 0 Å². The summed E-state index contributed by atoms with van der Waals surface area (Å²) in [6, 6.07) is 21.5. The van der Waals surface area contributed by atoms with Crippen LogP contribution < -0.4 is 4.90 Å². The third-order valence-corrected chi connectivity index (χ3v) is 5.75. The molecule has 0 spiro atoms. The maximum atomic E-state index is 13.0. The number of aromatic nitrogens is 4. The number of amides is 1. The fourth-order valence-electron chi connectivity index (χ4n) is 3.96. The van der Waals surface area contributed by atoms with E-state index < -0.39 is 0 Å². The Hall–Kier alpha value is -4.00. The van der Waals surface area contributed by atoms with Crippen LogP contribution in [0.1, 0.15) is 16.1 Å². The van der Waals surface area contributed by atoms with Crippen molar-refractivity contribution < 1.29 is 4.79 Å². The van der Waals surface area contributed by atoms with E-state index in [-0.39, 0.29) is 5.91 Å². The average molecular weight is 425 g/mol. The van der Waals surface area contributed by atoms with E-state index in [4.69, 9.17) is 4.98 Å². The van der Waals surface area contributed by atoms with Crippen LogP contribution in [0.4, 0.5) is 5.82 Å². The van der Waals surface area contributed by atoms with Crippen molar-refractivity contribution in [2.24, 2.45) is 0 Å². The van der Waals surface area contributed by atoms with E-state index in [0.29, 0.717) is 24.5 Å². The molecule has 7 nitrogen and oxygen atoms in total. The molecule has 2 aromatic heterocycles. The molecule has 1 aliphatic rings. The summed E-state index contributed by atoms with van der Waals surface area (Å²) in [5.41, 5.74) is 3.70. The van der Waals surface area contributed by atoms with Gasteiger partial charge in [-0.2, -0.15) is 5.10 Å². The van der Waals surface area contributed by atoms with Crippen LogP contribution in [0, 0.1) is 6.92 Å². The van der Waals surface area contributed by atoms with Crippen molar-refractivity contribution in [2.75, 3.05) is 31.1 Å². The Morgan fingerprint density at radius 2 is 1.59 bits per heavy atom. The second-order valence-corrected chi connectivity index (χ2v) is 7.81. The van der Waals surface area contributed by atoms with Crippen molar-refractivity contribution in [2.45, 2.75) is 6.92 Å². The van der Waals surface area contributed by atoms with Crippen molar-refractivity contribution >= 4 is 11.7 Å². The van der Waals surface area contributed by atoms with Crippen molar-refractivity contribution in [1.82, 2.24) is 24.6 Å². The number of hydrogen-bond donors (Lipinski definition) is 0. The second-order valence-electron chi connectivity index (χ2n) is 7.81. The molecule has 7 heteroatoms. The van der Waals surface area contributed by atoms with Gasteiger partial charge in [0.1, 0.15) is 5.82 Å². The maximum absolute atomic E-state index is 13.0. The Labute approximate surface area is 187 Å². The Balaban J connectivity index is 1.24. The first-order valence-corrected chi connectivity index (χ1v) is 10.7. The Morgan fingerprint density at radius 3 is 2.28 bits per heavy atom. The van der Waals surface area contributed by atoms with Crippen molar-refractivity contribution in [3.05, 3.63) is 90.4 Å². The topological polar surface area (TPSA) is 67.2 Å². The molecule has 1 aliphatic heterocycles. The van der Waals surface area contributed by atoms with Gasteiger partial charge >= 0.3 is 0 Å². The van der Waals surface area contributed by atoms with Gasteiger partial charge in [-0.05, 0) is 43.3 Å². The normalized spacial score (nSPS) is 13.9. The van der Waals surface area contributed by atoms with Gasteiger partial charge in [-0.15, -0.1) is 0 Å². The molecule has 0 radical (unpaired) electrons. The molecule has 3 heterocycles. The fraction of sp³-hybridized carbons (Fsp3) is 0.200. The summed E-state index contributed by atoms with van der Waals surface area (Å²) in [5.74, 6) is 1.67. The lowest BCUT2D eigenvalue weighted by molar-refractivity contribution is 0.0746. The lowest BCUT2D eigenvalue weighted by atomic mass is 10.1. The van der Waals surface area contributed by atoms with Gasteiger partial charge in [-0.1, -0.05) is 30.3 Å². The van der Waals surface area contributed by atoms with E-state index in [1.165, 1.54) is 0 Å². The standard InChI is InChI=1S/C25H24N6O/c1-19-11-14-27-31(19)22-9-7-21(8-10-22)25(32)30-17-15-29(16-18-30)23-12-13-26-24(28-23)20-5-3-2-4-6-20/h2-14H,15-18H2,1H3. The first-order valence-electron chi connectivity index (χ1n) is 10.7. The van der Waals surface area contributed by atoms with Gasteiger partial charge in [0, 0.05) is 55.4 Å². The lowest BCUT2D eigenvalue weighted by Crippen LogP contribution is -2.49. The van der Waals surface area contributed by atoms with Gasteiger partial charge in [0.05, 0.1) is 5.69 Å². The van der Waals surface area contributed by atoms with Crippen LogP contribution in [0.25, 0.3) is 17.1 Å². The van der Waals surface area contributed by atoms with Crippen LogP contribution in [-0.2, 0) is 0 Å². The molecule has 4 aromatic rings. The first kappa shape index (κ1) is 19.9. The number of nitrogens with zero attached hydrogens (tertiary/aromatic N) is 6. The van der Waals surface area contributed by atoms with E-state index >= 15 is 0 Å². The van der Waals surface area contributed by atoms with Crippen molar-refractivity contribution in [1.29, 1.82) is 0 Å². The van der Waals surface area contributed by atoms with Gasteiger partial charge in [0.2, 0.25) is 0 Å². The van der Waals surface area contributed by atoms with Crippen LogP contribution in [0.5, 0.6) is 0 Å². The van der Waals surface area contributed by atoms with Crippen LogP contribution in [0.2, 0.25) is 0 Å². The molecule has 32 heavy (non-hydrogen) atoms. The number of anilines is 1. The van der Waals surface area contributed by atoms with Gasteiger partial charge in [-0.3, -0.25) is 4.79 Å². The molecule has 5 rings (SSSR count). The van der Waals surface area contributed by atoms with E-state index in [9.17, 15) is 4.79 Å². The van der Waals surface area contributed by atoms with E-state index in [1.54, 1.807) is 12.4 Å². The molecule has 1 fully saturated rings. The Kier molecular flexibility index (Phi) is 5.37. The molecule has 0 N–H and O–H groups in total. The number of rotatable bonds is 4. The summed E-state index contributed by atoms with van der Waals surface area (Å²) in [7, 11) is 0. The number of carbonyl (C=O) groups excluding carboxylic acids is 1. The summed E-state index contributed by atoms with van der Waals surface area (Å²) in [6.45, 7) is 4.79. The predicted molar refractivity (Wildman–Crippen MR) is 124 cm³/mol. The summed E-state index contributed by atoms with van der Waals surface area (Å²) >= 11 is 0. The Bertz CT molecular complexity index is 1210. The highest BCUT2D eigenvalue weighted by Crippen LogP contribution is 2.20. The maximum Gasteiger partial charge on any atom is 0.253 e. The zero-order valence-corrected chi connectivity index (χ0v) is 17.9. The summed E-state index contributed by atoms with van der Waals surface area (Å²) in [5, 5.41) is 4.32. The molecule has 160 valence electrons. The zero-order chi connectivity index (χ0) is 21.9. The van der Waals surface area contributed by atoms with Gasteiger partial charge in [-0.25, -0.2) is 14.6 Å². The highest BCUT2D eigenvalue weighted by molar-refractivity contribution is 5.94. The Morgan fingerprint density at radius 1 is 0.844 bits per heavy atom. The summed E-state index contributed by atoms with van der Waals surface area (Å²) in [4.78, 5) is 26.3. The smallest absolute Gasteiger partial charge is 0.253 e. The minimum atomic E-state index is 0.0565. The van der Waals surface area contributed by atoms with E-state index in [0.717, 1.165) is 35.9 Å². The number of aryl methyl sites for hydroxylation is 1. The van der Waals surface area contributed by atoms with Gasteiger partial charge in [0.25, 0.3) is 5.91 Å². The highest BCUT2D eigenvalue weighted by Gasteiger charge is 2.23. The van der Waals surface area contributed by atoms with Crippen LogP contribution in [-0.4, -0.2) is 56.7 Å². The fourth-order valence-corrected chi connectivity index (χ4v) is 3.96. The van der Waals surface area contributed by atoms with E-state index in [1.807, 2.05) is 83.2 Å². The number of hydrogen-bond acceptors (Lipinski definition) is 5. The molecule has 2 aromatic carbocycles. The largest absolute Gasteiger partial charge is 0.353 e. The van der Waals surface area contributed by atoms with Crippen LogP contribution in [0.3, 0.4) is 0 Å². The number of carbonyl (C=O) groups is 1. The monoisotopic (exact) mass is 424 g/mol. The third-order valence-electron chi connectivity index (χ3n) is 5.75. The number of benzene rings is 2. The predicted octanol–water partition coefficient (Wildman–Crippen LogP) is 3.60. The second kappa shape index (κ2) is 8.63. The minimum Gasteiger partial charge on any atom is -0.353 e. The summed E-state index contributed by atoms with van der Waals surface area (Å²) in [6.07, 6.45) is 3.57. The SMILES string of the molecule is Cc1ccnn1-c1ccc(C(=O)N2CCN(c3ccnc(-c4ccccc4)n3)CC2)cc1. The first-order chi connectivity index (χ1) is 15.7. The van der Waals surface area contributed by atoms with Gasteiger partial charge < -0.3 is 9.80 Å². The molecule has 0 aliphatic carbocycles. The van der Waals surface area contributed by atoms with Crippen LogP contribution >= 0.6 is 0 Å². The van der Waals surface area contributed by atoms with Crippen LogP contribution in [0.15, 0.2) is 79.1 Å². The zero-order valence-electron chi connectivity index (χ0n) is 17.9. The molecule has 0 saturated carbocycles. The molecular weight excluding hydrogens is 400 g/mol. The number of piperazine rings is 1.